The minimum absolute atomic E-state index is 0.238. The summed E-state index contributed by atoms with van der Waals surface area (Å²) in [5.41, 5.74) is 0. The Morgan fingerprint density at radius 3 is 2.31 bits per heavy atom. The lowest BCUT2D eigenvalue weighted by atomic mass is 10.2. The van der Waals surface area contributed by atoms with Crippen molar-refractivity contribution in [2.45, 2.75) is 32.5 Å². The number of hydrogen-bond donors (Lipinski definition) is 0. The van der Waals surface area contributed by atoms with Crippen molar-refractivity contribution in [3.05, 3.63) is 0 Å². The van der Waals surface area contributed by atoms with Crippen LogP contribution in [0.15, 0.2) is 0 Å². The highest BCUT2D eigenvalue weighted by molar-refractivity contribution is 4.88. The Kier molecular flexibility index (Phi) is 4.78. The van der Waals surface area contributed by atoms with Gasteiger partial charge in [-0.2, -0.15) is 18.4 Å². The van der Waals surface area contributed by atoms with Gasteiger partial charge in [-0.1, -0.05) is 6.92 Å². The average Bonchev–Trinajstić information content (AvgIpc) is 2.02. The molecule has 0 fully saturated rings. The maximum absolute atomic E-state index is 12.0. The lowest BCUT2D eigenvalue weighted by molar-refractivity contribution is -0.175. The Bertz CT molecular complexity index is 185. The van der Waals surface area contributed by atoms with Crippen LogP contribution in [0.3, 0.4) is 0 Å². The molecular formula is C8H12F3NO. The minimum atomic E-state index is -4.48. The predicted molar refractivity (Wildman–Crippen MR) is 40.9 cm³/mol. The maximum Gasteiger partial charge on any atom is 0.406 e. The molecule has 5 heteroatoms. The molecule has 0 aliphatic heterocycles. The van der Waals surface area contributed by atoms with Crippen LogP contribution in [-0.2, 0) is 4.74 Å². The van der Waals surface area contributed by atoms with Crippen LogP contribution in [0.2, 0.25) is 0 Å². The number of nitrogens with zero attached hydrogens (tertiary/aromatic N) is 1. The van der Waals surface area contributed by atoms with E-state index in [-0.39, 0.29) is 6.10 Å². The largest absolute Gasteiger partial charge is 0.406 e. The Hall–Kier alpha value is -0.760. The summed E-state index contributed by atoms with van der Waals surface area (Å²) in [5, 5.41) is 8.20. The minimum Gasteiger partial charge on any atom is -0.377 e. The molecule has 0 N–H and O–H groups in total. The van der Waals surface area contributed by atoms with Gasteiger partial charge in [-0.05, 0) is 13.3 Å². The van der Waals surface area contributed by atoms with Gasteiger partial charge in [0.15, 0.2) is 5.92 Å². The van der Waals surface area contributed by atoms with E-state index >= 15 is 0 Å². The third-order valence-corrected chi connectivity index (χ3v) is 1.67. The van der Waals surface area contributed by atoms with E-state index in [4.69, 9.17) is 10.00 Å². The molecule has 0 aliphatic carbocycles. The number of hydrogen-bond acceptors (Lipinski definition) is 2. The highest BCUT2D eigenvalue weighted by Gasteiger charge is 2.40. The van der Waals surface area contributed by atoms with Crippen LogP contribution in [0.1, 0.15) is 20.3 Å². The first-order valence-corrected chi connectivity index (χ1v) is 3.99. The van der Waals surface area contributed by atoms with Gasteiger partial charge in [-0.25, -0.2) is 0 Å². The fourth-order valence-corrected chi connectivity index (χ4v) is 0.583. The number of nitriles is 1. The van der Waals surface area contributed by atoms with Crippen LogP contribution in [0.5, 0.6) is 0 Å². The molecule has 2 unspecified atom stereocenters. The summed E-state index contributed by atoms with van der Waals surface area (Å²) in [7, 11) is 0. The molecule has 0 heterocycles. The summed E-state index contributed by atoms with van der Waals surface area (Å²) < 4.78 is 40.7. The molecule has 0 aromatic carbocycles. The van der Waals surface area contributed by atoms with Crippen LogP contribution in [0.25, 0.3) is 0 Å². The molecule has 0 aliphatic rings. The fraction of sp³-hybridized carbons (Fsp3) is 0.875. The van der Waals surface area contributed by atoms with Crippen LogP contribution in [0.4, 0.5) is 13.2 Å². The molecule has 13 heavy (non-hydrogen) atoms. The monoisotopic (exact) mass is 195 g/mol. The summed E-state index contributed by atoms with van der Waals surface area (Å²) in [5.74, 6) is -2.01. The Morgan fingerprint density at radius 1 is 1.46 bits per heavy atom. The first kappa shape index (κ1) is 12.2. The second kappa shape index (κ2) is 5.07. The molecule has 0 amide bonds. The highest BCUT2D eigenvalue weighted by atomic mass is 19.4. The van der Waals surface area contributed by atoms with E-state index in [1.807, 2.05) is 0 Å². The third-order valence-electron chi connectivity index (χ3n) is 1.67. The molecular weight excluding hydrogens is 183 g/mol. The van der Waals surface area contributed by atoms with E-state index in [0.717, 1.165) is 0 Å². The molecule has 0 saturated carbocycles. The lowest BCUT2D eigenvalue weighted by Gasteiger charge is -2.16. The Balaban J connectivity index is 3.96. The van der Waals surface area contributed by atoms with E-state index in [9.17, 15) is 13.2 Å². The van der Waals surface area contributed by atoms with Crippen molar-refractivity contribution in [1.29, 1.82) is 5.26 Å². The van der Waals surface area contributed by atoms with E-state index in [2.05, 4.69) is 0 Å². The van der Waals surface area contributed by atoms with Gasteiger partial charge in [0.25, 0.3) is 0 Å². The van der Waals surface area contributed by atoms with Gasteiger partial charge in [0.2, 0.25) is 0 Å². The van der Waals surface area contributed by atoms with E-state index in [1.165, 1.54) is 6.07 Å². The van der Waals surface area contributed by atoms with Crippen molar-refractivity contribution in [2.75, 3.05) is 6.61 Å². The van der Waals surface area contributed by atoms with E-state index < -0.39 is 18.7 Å². The van der Waals surface area contributed by atoms with Crippen LogP contribution < -0.4 is 0 Å². The van der Waals surface area contributed by atoms with Crippen molar-refractivity contribution in [2.24, 2.45) is 5.92 Å². The van der Waals surface area contributed by atoms with Gasteiger partial charge in [0.1, 0.15) is 0 Å². The maximum atomic E-state index is 12.0. The van der Waals surface area contributed by atoms with Crippen molar-refractivity contribution in [1.82, 2.24) is 0 Å². The molecule has 0 spiro atoms. The normalized spacial score (nSPS) is 16.3. The fourth-order valence-electron chi connectivity index (χ4n) is 0.583. The Labute approximate surface area is 75.3 Å². The van der Waals surface area contributed by atoms with Gasteiger partial charge in [-0.15, -0.1) is 0 Å². The lowest BCUT2D eigenvalue weighted by Crippen LogP contribution is -2.27. The van der Waals surface area contributed by atoms with Gasteiger partial charge >= 0.3 is 6.18 Å². The molecule has 2 nitrogen and oxygen atoms in total. The first-order valence-electron chi connectivity index (χ1n) is 3.99. The number of halogens is 3. The van der Waals surface area contributed by atoms with Crippen molar-refractivity contribution >= 4 is 0 Å². The quantitative estimate of drug-likeness (QED) is 0.690. The van der Waals surface area contributed by atoms with Gasteiger partial charge in [0, 0.05) is 0 Å². The van der Waals surface area contributed by atoms with Crippen LogP contribution in [-0.4, -0.2) is 18.9 Å². The second-order valence-corrected chi connectivity index (χ2v) is 2.78. The van der Waals surface area contributed by atoms with Crippen LogP contribution >= 0.6 is 0 Å². The molecule has 0 saturated heterocycles. The van der Waals surface area contributed by atoms with Gasteiger partial charge < -0.3 is 4.74 Å². The van der Waals surface area contributed by atoms with E-state index in [0.29, 0.717) is 6.42 Å². The third kappa shape index (κ3) is 4.73. The second-order valence-electron chi connectivity index (χ2n) is 2.78. The number of rotatable bonds is 4. The van der Waals surface area contributed by atoms with Gasteiger partial charge in [0.05, 0.1) is 18.8 Å². The zero-order valence-corrected chi connectivity index (χ0v) is 7.56. The van der Waals surface area contributed by atoms with Gasteiger partial charge in [-0.3, -0.25) is 0 Å². The predicted octanol–water partition coefficient (Wildman–Crippen LogP) is 2.50. The molecule has 0 rings (SSSR count). The average molecular weight is 195 g/mol. The number of ether oxygens (including phenoxy) is 1. The van der Waals surface area contributed by atoms with Crippen LogP contribution in [0, 0.1) is 17.2 Å². The molecule has 0 bridgehead atoms. The molecule has 76 valence electrons. The summed E-state index contributed by atoms with van der Waals surface area (Å²) >= 11 is 0. The van der Waals surface area contributed by atoms with Crippen molar-refractivity contribution in [3.8, 4) is 6.07 Å². The summed E-state index contributed by atoms with van der Waals surface area (Å²) in [6.45, 7) is 2.90. The molecule has 0 aromatic heterocycles. The summed E-state index contributed by atoms with van der Waals surface area (Å²) in [6, 6.07) is 1.17. The smallest absolute Gasteiger partial charge is 0.377 e. The zero-order valence-electron chi connectivity index (χ0n) is 7.56. The van der Waals surface area contributed by atoms with Crippen molar-refractivity contribution < 1.29 is 17.9 Å². The van der Waals surface area contributed by atoms with Crippen molar-refractivity contribution in [3.63, 3.8) is 0 Å². The number of alkyl halides is 3. The molecule has 0 radical (unpaired) electrons. The van der Waals surface area contributed by atoms with E-state index in [1.54, 1.807) is 13.8 Å². The standard InChI is InChI=1S/C8H12F3NO/c1-3-6(2)13-5-7(4-12)8(9,10)11/h6-7H,3,5H2,1-2H3. The Morgan fingerprint density at radius 2 is 2.00 bits per heavy atom. The molecule has 2 atom stereocenters. The highest BCUT2D eigenvalue weighted by Crippen LogP contribution is 2.26. The SMILES string of the molecule is CCC(C)OCC(C#N)C(F)(F)F. The zero-order chi connectivity index (χ0) is 10.5. The molecule has 0 aromatic rings. The summed E-state index contributed by atoms with van der Waals surface area (Å²) in [6.07, 6.45) is -4.09. The topological polar surface area (TPSA) is 33.0 Å². The first-order chi connectivity index (χ1) is 5.91. The summed E-state index contributed by atoms with van der Waals surface area (Å²) in [4.78, 5) is 0.